The smallest absolute Gasteiger partial charge is 0.297 e. The average molecular weight is 391 g/mol. The highest BCUT2D eigenvalue weighted by molar-refractivity contribution is 7.86. The summed E-state index contributed by atoms with van der Waals surface area (Å²) in [6.45, 7) is 12.1. The summed E-state index contributed by atoms with van der Waals surface area (Å²) in [5.74, 6) is 1.32. The normalized spacial score (nSPS) is 33.7. The van der Waals surface area contributed by atoms with E-state index in [0.717, 1.165) is 24.0 Å². The summed E-state index contributed by atoms with van der Waals surface area (Å²) < 4.78 is 30.7. The van der Waals surface area contributed by atoms with Gasteiger partial charge in [0.25, 0.3) is 10.1 Å². The highest BCUT2D eigenvalue weighted by Gasteiger charge is 2.56. The lowest BCUT2D eigenvalue weighted by molar-refractivity contribution is -0.141. The van der Waals surface area contributed by atoms with E-state index in [2.05, 4.69) is 13.5 Å². The standard InChI is InChI=1S/C22H30O4S/c1-14(2)18-12-20(23)22(5,19-11-8-16(4)21(18)19)13-26-27(24,25)17-9-6-15(3)7-10-17/h6-7,9-10,16,18-19,21H,1,8,11-13H2,2-5H3/t16-,18+,19+,21+,22-/m0/s1. The molecule has 0 aliphatic heterocycles. The second-order valence-electron chi connectivity index (χ2n) is 8.77. The molecule has 2 saturated carbocycles. The zero-order chi connectivity index (χ0) is 20.0. The van der Waals surface area contributed by atoms with E-state index in [1.54, 1.807) is 24.3 Å². The van der Waals surface area contributed by atoms with Crippen LogP contribution in [0.1, 0.15) is 45.6 Å². The van der Waals surface area contributed by atoms with Gasteiger partial charge in [0, 0.05) is 6.42 Å². The van der Waals surface area contributed by atoms with Gasteiger partial charge in [0.15, 0.2) is 0 Å². The molecule has 0 spiro atoms. The van der Waals surface area contributed by atoms with Crippen LogP contribution in [0.2, 0.25) is 0 Å². The van der Waals surface area contributed by atoms with E-state index in [0.29, 0.717) is 18.3 Å². The predicted molar refractivity (Wildman–Crippen MR) is 106 cm³/mol. The van der Waals surface area contributed by atoms with Crippen LogP contribution in [0.4, 0.5) is 0 Å². The molecule has 0 aromatic heterocycles. The van der Waals surface area contributed by atoms with Crippen LogP contribution in [0.5, 0.6) is 0 Å². The molecule has 0 saturated heterocycles. The molecule has 2 aliphatic rings. The van der Waals surface area contributed by atoms with E-state index in [9.17, 15) is 13.2 Å². The third-order valence-corrected chi connectivity index (χ3v) is 8.11. The number of benzene rings is 1. The molecule has 0 unspecified atom stereocenters. The van der Waals surface area contributed by atoms with E-state index in [-0.39, 0.29) is 29.1 Å². The second kappa shape index (κ2) is 7.17. The van der Waals surface area contributed by atoms with Gasteiger partial charge in [0.05, 0.1) is 16.9 Å². The van der Waals surface area contributed by atoms with Gasteiger partial charge in [-0.1, -0.05) is 50.1 Å². The molecule has 5 heteroatoms. The van der Waals surface area contributed by atoms with Crippen molar-refractivity contribution in [2.45, 2.75) is 51.9 Å². The van der Waals surface area contributed by atoms with Crippen molar-refractivity contribution in [3.8, 4) is 0 Å². The summed E-state index contributed by atoms with van der Waals surface area (Å²) in [4.78, 5) is 13.2. The number of Topliss-reactive ketones (excluding diaryl/α,β-unsaturated/α-hetero) is 1. The molecule has 1 aromatic carbocycles. The Morgan fingerprint density at radius 2 is 1.89 bits per heavy atom. The number of fused-ring (bicyclic) bond motifs is 1. The van der Waals surface area contributed by atoms with Crippen molar-refractivity contribution in [3.05, 3.63) is 42.0 Å². The Kier molecular flexibility index (Phi) is 5.39. The van der Waals surface area contributed by atoms with Crippen LogP contribution in [0.3, 0.4) is 0 Å². The van der Waals surface area contributed by atoms with Gasteiger partial charge in [-0.3, -0.25) is 8.98 Å². The van der Waals surface area contributed by atoms with Gasteiger partial charge in [-0.05, 0) is 56.1 Å². The van der Waals surface area contributed by atoms with Crippen molar-refractivity contribution in [2.75, 3.05) is 6.61 Å². The van der Waals surface area contributed by atoms with Crippen LogP contribution >= 0.6 is 0 Å². The molecule has 0 bridgehead atoms. The van der Waals surface area contributed by atoms with Crippen molar-refractivity contribution in [1.82, 2.24) is 0 Å². The minimum Gasteiger partial charge on any atom is -0.299 e. The number of rotatable bonds is 5. The van der Waals surface area contributed by atoms with Crippen molar-refractivity contribution in [3.63, 3.8) is 0 Å². The number of aryl methyl sites for hydroxylation is 1. The monoisotopic (exact) mass is 390 g/mol. The summed E-state index contributed by atoms with van der Waals surface area (Å²) in [5, 5.41) is 0. The van der Waals surface area contributed by atoms with Crippen molar-refractivity contribution in [1.29, 1.82) is 0 Å². The average Bonchev–Trinajstić information content (AvgIpc) is 2.99. The fourth-order valence-electron chi connectivity index (χ4n) is 5.08. The molecule has 0 amide bonds. The Bertz CT molecular complexity index is 840. The molecule has 0 radical (unpaired) electrons. The van der Waals surface area contributed by atoms with E-state index in [1.807, 2.05) is 20.8 Å². The third kappa shape index (κ3) is 3.64. The number of carbonyl (C=O) groups excluding carboxylic acids is 1. The van der Waals surface area contributed by atoms with Crippen LogP contribution in [0.25, 0.3) is 0 Å². The fourth-order valence-corrected chi connectivity index (χ4v) is 6.09. The number of carbonyl (C=O) groups is 1. The van der Waals surface area contributed by atoms with Crippen LogP contribution in [-0.2, 0) is 19.1 Å². The third-order valence-electron chi connectivity index (χ3n) is 6.84. The molecular formula is C22H30O4S. The summed E-state index contributed by atoms with van der Waals surface area (Å²) in [5.41, 5.74) is 1.28. The van der Waals surface area contributed by atoms with Crippen LogP contribution in [0, 0.1) is 36.0 Å². The van der Waals surface area contributed by atoms with Crippen molar-refractivity contribution >= 4 is 15.9 Å². The van der Waals surface area contributed by atoms with Crippen LogP contribution in [-0.4, -0.2) is 20.8 Å². The molecule has 2 aliphatic carbocycles. The number of hydrogen-bond acceptors (Lipinski definition) is 4. The zero-order valence-corrected chi connectivity index (χ0v) is 17.5. The topological polar surface area (TPSA) is 60.4 Å². The van der Waals surface area contributed by atoms with E-state index >= 15 is 0 Å². The van der Waals surface area contributed by atoms with Gasteiger partial charge in [0.2, 0.25) is 0 Å². The minimum atomic E-state index is -3.88. The van der Waals surface area contributed by atoms with E-state index in [1.165, 1.54) is 0 Å². The molecular weight excluding hydrogens is 360 g/mol. The quantitative estimate of drug-likeness (QED) is 0.547. The van der Waals surface area contributed by atoms with Crippen LogP contribution in [0.15, 0.2) is 41.3 Å². The maximum atomic E-state index is 13.1. The van der Waals surface area contributed by atoms with Crippen molar-refractivity contribution < 1.29 is 17.4 Å². The summed E-state index contributed by atoms with van der Waals surface area (Å²) in [7, 11) is -3.88. The minimum absolute atomic E-state index is 0.0845. The lowest BCUT2D eigenvalue weighted by Crippen LogP contribution is -2.50. The summed E-state index contributed by atoms with van der Waals surface area (Å²) in [6.07, 6.45) is 2.43. The molecule has 2 fully saturated rings. The molecule has 27 heavy (non-hydrogen) atoms. The highest BCUT2D eigenvalue weighted by atomic mass is 32.2. The second-order valence-corrected chi connectivity index (χ2v) is 10.4. The number of allylic oxidation sites excluding steroid dienone is 1. The predicted octanol–water partition coefficient (Wildman–Crippen LogP) is 4.53. The lowest BCUT2D eigenvalue weighted by atomic mass is 9.57. The van der Waals surface area contributed by atoms with Crippen LogP contribution < -0.4 is 0 Å². The Morgan fingerprint density at radius 3 is 2.48 bits per heavy atom. The summed E-state index contributed by atoms with van der Waals surface area (Å²) >= 11 is 0. The van der Waals surface area contributed by atoms with Gasteiger partial charge in [-0.2, -0.15) is 8.42 Å². The maximum Gasteiger partial charge on any atom is 0.297 e. The number of ketones is 1. The first-order valence-electron chi connectivity index (χ1n) is 9.71. The Hall–Kier alpha value is -1.46. The Balaban J connectivity index is 1.84. The van der Waals surface area contributed by atoms with Gasteiger partial charge in [-0.15, -0.1) is 0 Å². The van der Waals surface area contributed by atoms with E-state index in [4.69, 9.17) is 4.18 Å². The molecule has 1 aromatic rings. The summed E-state index contributed by atoms with van der Waals surface area (Å²) in [6, 6.07) is 6.59. The maximum absolute atomic E-state index is 13.1. The molecule has 0 N–H and O–H groups in total. The van der Waals surface area contributed by atoms with E-state index < -0.39 is 15.5 Å². The van der Waals surface area contributed by atoms with Gasteiger partial charge in [0.1, 0.15) is 5.78 Å². The zero-order valence-electron chi connectivity index (χ0n) is 16.7. The number of hydrogen-bond donors (Lipinski definition) is 0. The first-order valence-corrected chi connectivity index (χ1v) is 11.1. The lowest BCUT2D eigenvalue weighted by Gasteiger charge is -2.46. The first-order chi connectivity index (χ1) is 12.6. The van der Waals surface area contributed by atoms with Gasteiger partial charge < -0.3 is 0 Å². The van der Waals surface area contributed by atoms with Crippen molar-refractivity contribution in [2.24, 2.45) is 29.1 Å². The Morgan fingerprint density at radius 1 is 1.26 bits per heavy atom. The highest BCUT2D eigenvalue weighted by Crippen LogP contribution is 2.56. The van der Waals surface area contributed by atoms with Gasteiger partial charge >= 0.3 is 0 Å². The molecule has 5 atom stereocenters. The SMILES string of the molecule is C=C(C)[C@H]1CC(=O)[C@@](C)(COS(=O)(=O)c2ccc(C)cc2)[C@@H]2CC[C@H](C)[C@H]12. The van der Waals surface area contributed by atoms with Gasteiger partial charge in [-0.25, -0.2) is 0 Å². The fraction of sp³-hybridized carbons (Fsp3) is 0.591. The molecule has 0 heterocycles. The first kappa shape index (κ1) is 20.3. The molecule has 148 valence electrons. The largest absolute Gasteiger partial charge is 0.299 e. The molecule has 3 rings (SSSR count). The Labute approximate surface area is 163 Å². The molecule has 4 nitrogen and oxygen atoms in total.